The average molecular weight is 313 g/mol. The number of aromatic nitrogens is 1. The lowest BCUT2D eigenvalue weighted by molar-refractivity contribution is 0.0699. The second-order valence-corrected chi connectivity index (χ2v) is 7.63. The van der Waals surface area contributed by atoms with Gasteiger partial charge in [0.15, 0.2) is 0 Å². The minimum absolute atomic E-state index is 0.0199. The summed E-state index contributed by atoms with van der Waals surface area (Å²) >= 11 is 0. The van der Waals surface area contributed by atoms with Crippen LogP contribution in [0.5, 0.6) is 0 Å². The third-order valence-electron chi connectivity index (χ3n) is 3.72. The monoisotopic (exact) mass is 313 g/mol. The molecule has 0 unspecified atom stereocenters. The number of amides is 1. The number of hydrogen-bond acceptors (Lipinski definition) is 3. The van der Waals surface area contributed by atoms with Crippen molar-refractivity contribution in [3.8, 4) is 0 Å². The Morgan fingerprint density at radius 1 is 1.33 bits per heavy atom. The van der Waals surface area contributed by atoms with Crippen molar-refractivity contribution in [3.05, 3.63) is 24.0 Å². The standard InChI is InChI=1S/C14H23N3O3S/c1-11(2)17-8-4-5-13(17)14(18)16-9-6-12(7-10-16)15-21(3,19)20/h4-5,8,11-12,15H,6-7,9-10H2,1-3H3. The number of hydrogen-bond donors (Lipinski definition) is 1. The van der Waals surface area contributed by atoms with Gasteiger partial charge in [0.25, 0.3) is 5.91 Å². The van der Waals surface area contributed by atoms with Crippen molar-refractivity contribution in [1.82, 2.24) is 14.2 Å². The number of piperidine rings is 1. The molecular formula is C14H23N3O3S. The Morgan fingerprint density at radius 3 is 2.48 bits per heavy atom. The molecule has 1 aliphatic heterocycles. The molecule has 1 amide bonds. The minimum Gasteiger partial charge on any atom is -0.341 e. The lowest BCUT2D eigenvalue weighted by atomic mass is 10.1. The summed E-state index contributed by atoms with van der Waals surface area (Å²) in [5, 5.41) is 0. The lowest BCUT2D eigenvalue weighted by Crippen LogP contribution is -2.46. The normalized spacial score (nSPS) is 17.4. The number of likely N-dealkylation sites (tertiary alicyclic amines) is 1. The number of carbonyl (C=O) groups excluding carboxylic acids is 1. The van der Waals surface area contributed by atoms with E-state index < -0.39 is 10.0 Å². The first kappa shape index (κ1) is 16.0. The van der Waals surface area contributed by atoms with Crippen molar-refractivity contribution in [1.29, 1.82) is 0 Å². The van der Waals surface area contributed by atoms with E-state index in [2.05, 4.69) is 4.72 Å². The van der Waals surface area contributed by atoms with Gasteiger partial charge in [-0.25, -0.2) is 13.1 Å². The molecule has 0 atom stereocenters. The molecule has 1 N–H and O–H groups in total. The zero-order valence-corrected chi connectivity index (χ0v) is 13.6. The smallest absolute Gasteiger partial charge is 0.270 e. The van der Waals surface area contributed by atoms with Crippen LogP contribution in [-0.4, -0.2) is 49.2 Å². The first-order chi connectivity index (χ1) is 9.78. The zero-order chi connectivity index (χ0) is 15.6. The molecule has 2 heterocycles. The van der Waals surface area contributed by atoms with Crippen LogP contribution in [0.25, 0.3) is 0 Å². The van der Waals surface area contributed by atoms with Gasteiger partial charge in [-0.05, 0) is 38.8 Å². The molecule has 1 aromatic rings. The van der Waals surface area contributed by atoms with Crippen LogP contribution >= 0.6 is 0 Å². The van der Waals surface area contributed by atoms with Crippen molar-refractivity contribution in [3.63, 3.8) is 0 Å². The average Bonchev–Trinajstić information content (AvgIpc) is 2.86. The molecule has 21 heavy (non-hydrogen) atoms. The van der Waals surface area contributed by atoms with E-state index in [1.165, 1.54) is 6.26 Å². The highest BCUT2D eigenvalue weighted by molar-refractivity contribution is 7.88. The van der Waals surface area contributed by atoms with Gasteiger partial charge in [-0.15, -0.1) is 0 Å². The largest absolute Gasteiger partial charge is 0.341 e. The van der Waals surface area contributed by atoms with Crippen molar-refractivity contribution < 1.29 is 13.2 Å². The SMILES string of the molecule is CC(C)n1cccc1C(=O)N1CCC(NS(C)(=O)=O)CC1. The molecule has 118 valence electrons. The van der Waals surface area contributed by atoms with Crippen molar-refractivity contribution in [2.24, 2.45) is 0 Å². The van der Waals surface area contributed by atoms with Crippen molar-refractivity contribution in [2.45, 2.75) is 38.8 Å². The van der Waals surface area contributed by atoms with Gasteiger partial charge in [-0.1, -0.05) is 0 Å². The minimum atomic E-state index is -3.18. The van der Waals surface area contributed by atoms with Crippen LogP contribution in [0, 0.1) is 0 Å². The Kier molecular flexibility index (Phi) is 4.73. The predicted molar refractivity (Wildman–Crippen MR) is 81.7 cm³/mol. The van der Waals surface area contributed by atoms with E-state index in [1.807, 2.05) is 36.7 Å². The highest BCUT2D eigenvalue weighted by atomic mass is 32.2. The van der Waals surface area contributed by atoms with Crippen LogP contribution in [0.15, 0.2) is 18.3 Å². The second-order valence-electron chi connectivity index (χ2n) is 5.85. The summed E-state index contributed by atoms with van der Waals surface area (Å²) in [6, 6.07) is 3.89. The Balaban J connectivity index is 1.99. The Bertz CT molecular complexity index is 599. The first-order valence-electron chi connectivity index (χ1n) is 7.21. The third kappa shape index (κ3) is 4.07. The van der Waals surface area contributed by atoms with Crippen LogP contribution in [0.2, 0.25) is 0 Å². The van der Waals surface area contributed by atoms with Gasteiger partial charge in [0.1, 0.15) is 5.69 Å². The van der Waals surface area contributed by atoms with E-state index >= 15 is 0 Å². The number of nitrogens with one attached hydrogen (secondary N) is 1. The van der Waals surface area contributed by atoms with Gasteiger partial charge in [-0.2, -0.15) is 0 Å². The Labute approximate surface area is 126 Å². The summed E-state index contributed by atoms with van der Waals surface area (Å²) < 4.78 is 27.0. The molecular weight excluding hydrogens is 290 g/mol. The molecule has 0 aromatic carbocycles. The summed E-state index contributed by atoms with van der Waals surface area (Å²) in [6.07, 6.45) is 4.39. The maximum absolute atomic E-state index is 12.5. The van der Waals surface area contributed by atoms with E-state index in [-0.39, 0.29) is 18.0 Å². The molecule has 0 radical (unpaired) electrons. The molecule has 1 aromatic heterocycles. The maximum Gasteiger partial charge on any atom is 0.270 e. The number of rotatable bonds is 4. The van der Waals surface area contributed by atoms with E-state index in [9.17, 15) is 13.2 Å². The van der Waals surface area contributed by atoms with E-state index in [1.54, 1.807) is 4.90 Å². The van der Waals surface area contributed by atoms with Crippen molar-refractivity contribution >= 4 is 15.9 Å². The highest BCUT2D eigenvalue weighted by Gasteiger charge is 2.26. The van der Waals surface area contributed by atoms with Gasteiger partial charge >= 0.3 is 0 Å². The number of sulfonamides is 1. The maximum atomic E-state index is 12.5. The van der Waals surface area contributed by atoms with E-state index in [0.717, 1.165) is 0 Å². The van der Waals surface area contributed by atoms with E-state index in [0.29, 0.717) is 31.6 Å². The quantitative estimate of drug-likeness (QED) is 0.908. The zero-order valence-electron chi connectivity index (χ0n) is 12.7. The molecule has 0 bridgehead atoms. The molecule has 0 spiro atoms. The third-order valence-corrected chi connectivity index (χ3v) is 4.48. The van der Waals surface area contributed by atoms with Gasteiger partial charge < -0.3 is 9.47 Å². The molecule has 1 aliphatic rings. The summed E-state index contributed by atoms with van der Waals surface area (Å²) in [6.45, 7) is 5.24. The summed E-state index contributed by atoms with van der Waals surface area (Å²) in [7, 11) is -3.18. The Hall–Kier alpha value is -1.34. The van der Waals surface area contributed by atoms with E-state index in [4.69, 9.17) is 0 Å². The van der Waals surface area contributed by atoms with Crippen molar-refractivity contribution in [2.75, 3.05) is 19.3 Å². The Morgan fingerprint density at radius 2 is 1.95 bits per heavy atom. The molecule has 0 saturated carbocycles. The number of carbonyl (C=O) groups is 1. The second kappa shape index (κ2) is 6.19. The van der Waals surface area contributed by atoms with Gasteiger partial charge in [0, 0.05) is 31.4 Å². The highest BCUT2D eigenvalue weighted by Crippen LogP contribution is 2.17. The molecule has 1 saturated heterocycles. The lowest BCUT2D eigenvalue weighted by Gasteiger charge is -2.32. The van der Waals surface area contributed by atoms with Crippen LogP contribution in [0.4, 0.5) is 0 Å². The number of nitrogens with zero attached hydrogens (tertiary/aromatic N) is 2. The molecule has 1 fully saturated rings. The predicted octanol–water partition coefficient (Wildman–Crippen LogP) is 1.22. The van der Waals surface area contributed by atoms with Gasteiger partial charge in [0.05, 0.1) is 6.26 Å². The fourth-order valence-corrected chi connectivity index (χ4v) is 3.53. The molecule has 7 heteroatoms. The van der Waals surface area contributed by atoms with Crippen LogP contribution in [0.3, 0.4) is 0 Å². The molecule has 2 rings (SSSR count). The topological polar surface area (TPSA) is 71.4 Å². The first-order valence-corrected chi connectivity index (χ1v) is 9.10. The fourth-order valence-electron chi connectivity index (χ4n) is 2.69. The summed E-state index contributed by atoms with van der Waals surface area (Å²) in [5.74, 6) is 0.0199. The summed E-state index contributed by atoms with van der Waals surface area (Å²) in [4.78, 5) is 14.3. The van der Waals surface area contributed by atoms with Crippen LogP contribution < -0.4 is 4.72 Å². The van der Waals surface area contributed by atoms with Gasteiger partial charge in [-0.3, -0.25) is 4.79 Å². The fraction of sp³-hybridized carbons (Fsp3) is 0.643. The molecule has 0 aliphatic carbocycles. The van der Waals surface area contributed by atoms with Gasteiger partial charge in [0.2, 0.25) is 10.0 Å². The van der Waals surface area contributed by atoms with Crippen LogP contribution in [0.1, 0.15) is 43.2 Å². The summed E-state index contributed by atoms with van der Waals surface area (Å²) in [5.41, 5.74) is 0.694. The molecule has 6 nitrogen and oxygen atoms in total. The van der Waals surface area contributed by atoms with Crippen LogP contribution in [-0.2, 0) is 10.0 Å².